The number of allylic oxidation sites excluding steroid dienone is 4. The summed E-state index contributed by atoms with van der Waals surface area (Å²) < 4.78 is 1.21. The zero-order valence-electron chi connectivity index (χ0n) is 5.39. The maximum atomic E-state index is 4.34. The average molecular weight is 166 g/mol. The molecule has 0 aromatic carbocycles. The first-order valence-corrected chi connectivity index (χ1v) is 3.90. The monoisotopic (exact) mass is 166 g/mol. The van der Waals surface area contributed by atoms with E-state index in [-0.39, 0.29) is 0 Å². The Hall–Kier alpha value is -0.0135. The molecule has 0 atom stereocenters. The van der Waals surface area contributed by atoms with Gasteiger partial charge < -0.3 is 0 Å². The fourth-order valence-electron chi connectivity index (χ4n) is 0.896. The molecule has 52 valence electrons. The predicted octanol–water partition coefficient (Wildman–Crippen LogP) is 2.55. The zero-order valence-corrected chi connectivity index (χ0v) is 6.43. The molecule has 1 aliphatic carbocycles. The van der Waals surface area contributed by atoms with Crippen LogP contribution in [0.5, 0.6) is 0 Å². The van der Waals surface area contributed by atoms with Gasteiger partial charge in [0.15, 0.2) is 0 Å². The number of hydrogen-bond donors (Lipinski definition) is 0. The molecule has 0 saturated carbocycles. The van der Waals surface area contributed by atoms with Gasteiger partial charge >= 0.3 is 64.2 Å². The van der Waals surface area contributed by atoms with E-state index in [4.69, 9.17) is 0 Å². The Kier molecular flexibility index (Phi) is 3.08. The van der Waals surface area contributed by atoms with E-state index in [0.717, 1.165) is 6.42 Å². The molecular weight excluding hydrogens is 155 g/mol. The van der Waals surface area contributed by atoms with Gasteiger partial charge in [-0.2, -0.15) is 0 Å². The van der Waals surface area contributed by atoms with Crippen LogP contribution in [-0.2, 0) is 15.7 Å². The molecule has 1 rings (SSSR count). The van der Waals surface area contributed by atoms with E-state index in [2.05, 4.69) is 34.0 Å². The SMILES string of the molecule is [Co]/[C]1=C/C=C\CCCC1. The molecule has 0 fully saturated rings. The second-order valence-electron chi connectivity index (χ2n) is 2.26. The minimum absolute atomic E-state index is 1.16. The van der Waals surface area contributed by atoms with Crippen LogP contribution in [0.4, 0.5) is 0 Å². The fraction of sp³-hybridized carbons (Fsp3) is 0.500. The minimum atomic E-state index is 1.16. The fourth-order valence-corrected chi connectivity index (χ4v) is 1.18. The van der Waals surface area contributed by atoms with Gasteiger partial charge in [0.25, 0.3) is 0 Å². The first kappa shape index (κ1) is 7.10. The van der Waals surface area contributed by atoms with Crippen LogP contribution in [0, 0.1) is 0 Å². The van der Waals surface area contributed by atoms with Crippen LogP contribution < -0.4 is 0 Å². The van der Waals surface area contributed by atoms with E-state index in [0.29, 0.717) is 0 Å². The molecule has 0 aromatic rings. The normalized spacial score (nSPS) is 29.8. The second-order valence-corrected chi connectivity index (χ2v) is 2.93. The van der Waals surface area contributed by atoms with Crippen molar-refractivity contribution in [2.45, 2.75) is 25.7 Å². The summed E-state index contributed by atoms with van der Waals surface area (Å²) in [5.41, 5.74) is 0. The predicted molar refractivity (Wildman–Crippen MR) is 35.7 cm³/mol. The molecule has 0 bridgehead atoms. The van der Waals surface area contributed by atoms with Gasteiger partial charge in [-0.05, 0) is 0 Å². The van der Waals surface area contributed by atoms with Crippen LogP contribution in [0.15, 0.2) is 22.7 Å². The zero-order chi connectivity index (χ0) is 6.53. The Morgan fingerprint density at radius 2 is 2.22 bits per heavy atom. The van der Waals surface area contributed by atoms with Crippen molar-refractivity contribution in [2.75, 3.05) is 0 Å². The maximum absolute atomic E-state index is 4.34. The van der Waals surface area contributed by atoms with Crippen molar-refractivity contribution in [3.8, 4) is 0 Å². The van der Waals surface area contributed by atoms with Gasteiger partial charge in [0.2, 0.25) is 0 Å². The van der Waals surface area contributed by atoms with E-state index in [1.165, 1.54) is 23.8 Å². The summed E-state index contributed by atoms with van der Waals surface area (Å²) in [5, 5.41) is 0. The first-order chi connectivity index (χ1) is 4.39. The average Bonchev–Trinajstić information content (AvgIpc) is 1.79. The van der Waals surface area contributed by atoms with Crippen molar-refractivity contribution in [1.29, 1.82) is 0 Å². The molecule has 0 saturated heterocycles. The summed E-state index contributed by atoms with van der Waals surface area (Å²) in [6, 6.07) is 0. The molecular formula is C8H11Co. The van der Waals surface area contributed by atoms with Crippen molar-refractivity contribution in [3.63, 3.8) is 0 Å². The number of hydrogen-bond acceptors (Lipinski definition) is 0. The molecule has 0 aromatic heterocycles. The van der Waals surface area contributed by atoms with E-state index in [1.54, 1.807) is 0 Å². The van der Waals surface area contributed by atoms with Crippen LogP contribution in [-0.4, -0.2) is 0 Å². The van der Waals surface area contributed by atoms with E-state index >= 15 is 0 Å². The van der Waals surface area contributed by atoms with Crippen molar-refractivity contribution in [3.05, 3.63) is 22.7 Å². The van der Waals surface area contributed by atoms with Gasteiger partial charge in [0.05, 0.1) is 0 Å². The van der Waals surface area contributed by atoms with E-state index < -0.39 is 0 Å². The van der Waals surface area contributed by atoms with E-state index in [9.17, 15) is 0 Å². The van der Waals surface area contributed by atoms with E-state index in [1.807, 2.05) is 0 Å². The quantitative estimate of drug-likeness (QED) is 0.518. The first-order valence-electron chi connectivity index (χ1n) is 3.38. The summed E-state index contributed by atoms with van der Waals surface area (Å²) >= 11 is 4.34. The van der Waals surface area contributed by atoms with Crippen molar-refractivity contribution < 1.29 is 15.7 Å². The van der Waals surface area contributed by atoms with Crippen molar-refractivity contribution in [2.24, 2.45) is 0 Å². The third-order valence-corrected chi connectivity index (χ3v) is 1.86. The summed E-state index contributed by atoms with van der Waals surface area (Å²) in [6.45, 7) is 0. The van der Waals surface area contributed by atoms with Crippen molar-refractivity contribution in [1.82, 2.24) is 0 Å². The molecule has 0 nitrogen and oxygen atoms in total. The topological polar surface area (TPSA) is 0 Å². The summed E-state index contributed by atoms with van der Waals surface area (Å²) in [7, 11) is 0. The molecule has 0 N–H and O–H groups in total. The van der Waals surface area contributed by atoms with Crippen LogP contribution >= 0.6 is 0 Å². The summed E-state index contributed by atoms with van der Waals surface area (Å²) in [6.07, 6.45) is 11.4. The van der Waals surface area contributed by atoms with Gasteiger partial charge in [-0.3, -0.25) is 0 Å². The number of rotatable bonds is 0. The third kappa shape index (κ3) is 2.87. The molecule has 1 heteroatoms. The third-order valence-electron chi connectivity index (χ3n) is 1.43. The summed E-state index contributed by atoms with van der Waals surface area (Å²) in [5.74, 6) is 0. The molecule has 1 aliphatic rings. The molecule has 0 aliphatic heterocycles. The molecule has 9 heavy (non-hydrogen) atoms. The Labute approximate surface area is 64.6 Å². The Morgan fingerprint density at radius 3 is 3.11 bits per heavy atom. The van der Waals surface area contributed by atoms with Gasteiger partial charge in [-0.25, -0.2) is 0 Å². The Bertz CT molecular complexity index is 134. The van der Waals surface area contributed by atoms with Gasteiger partial charge in [0, 0.05) is 0 Å². The van der Waals surface area contributed by atoms with Crippen LogP contribution in [0.25, 0.3) is 0 Å². The standard InChI is InChI=1S/C8H11.Co/c1-2-4-6-8-7-5-3-1;/h1-3H,4,6-8H2;/b2-1-,5-3?;. The van der Waals surface area contributed by atoms with Crippen LogP contribution in [0.3, 0.4) is 0 Å². The second kappa shape index (κ2) is 3.91. The van der Waals surface area contributed by atoms with Gasteiger partial charge in [-0.15, -0.1) is 0 Å². The van der Waals surface area contributed by atoms with Crippen molar-refractivity contribution >= 4 is 0 Å². The molecule has 0 amide bonds. The Balaban J connectivity index is 2.48. The van der Waals surface area contributed by atoms with Gasteiger partial charge in [-0.1, -0.05) is 0 Å². The Morgan fingerprint density at radius 1 is 1.33 bits per heavy atom. The van der Waals surface area contributed by atoms with Gasteiger partial charge in [0.1, 0.15) is 0 Å². The van der Waals surface area contributed by atoms with Crippen LogP contribution in [0.2, 0.25) is 0 Å². The van der Waals surface area contributed by atoms with Crippen LogP contribution in [0.1, 0.15) is 25.7 Å². The molecule has 0 spiro atoms. The summed E-state index contributed by atoms with van der Waals surface area (Å²) in [4.78, 5) is 0. The molecule has 0 unspecified atom stereocenters. The molecule has 0 heterocycles. The molecule has 0 radical (unpaired) electrons.